The van der Waals surface area contributed by atoms with Gasteiger partial charge in [0.05, 0.1) is 23.7 Å². The number of carbonyl (C=O) groups is 2. The lowest BCUT2D eigenvalue weighted by molar-refractivity contribution is -0.126. The van der Waals surface area contributed by atoms with Gasteiger partial charge in [-0.2, -0.15) is 0 Å². The monoisotopic (exact) mass is 359 g/mol. The summed E-state index contributed by atoms with van der Waals surface area (Å²) in [4.78, 5) is 30.6. The van der Waals surface area contributed by atoms with E-state index in [1.807, 2.05) is 36.6 Å². The lowest BCUT2D eigenvalue weighted by Gasteiger charge is -2.17. The third kappa shape index (κ3) is 4.17. The van der Waals surface area contributed by atoms with Gasteiger partial charge in [-0.15, -0.1) is 11.3 Å². The van der Waals surface area contributed by atoms with E-state index in [1.54, 1.807) is 23.3 Å². The molecule has 1 saturated heterocycles. The van der Waals surface area contributed by atoms with Crippen LogP contribution in [0.3, 0.4) is 0 Å². The summed E-state index contributed by atoms with van der Waals surface area (Å²) in [5.41, 5.74) is 1.78. The third-order valence-corrected chi connectivity index (χ3v) is 5.05. The molecule has 1 fully saturated rings. The molecule has 0 radical (unpaired) electrons. The van der Waals surface area contributed by atoms with Crippen LogP contribution >= 0.6 is 11.3 Å². The maximum absolute atomic E-state index is 12.3. The van der Waals surface area contributed by atoms with Crippen molar-refractivity contribution in [2.75, 3.05) is 25.1 Å². The molecule has 0 spiro atoms. The highest BCUT2D eigenvalue weighted by Gasteiger charge is 2.34. The minimum atomic E-state index is -0.313. The van der Waals surface area contributed by atoms with Gasteiger partial charge >= 0.3 is 0 Å². The number of benzene rings is 1. The second-order valence-corrected chi connectivity index (χ2v) is 7.06. The summed E-state index contributed by atoms with van der Waals surface area (Å²) in [5, 5.41) is 5.95. The van der Waals surface area contributed by atoms with Gasteiger partial charge in [0, 0.05) is 37.0 Å². The summed E-state index contributed by atoms with van der Waals surface area (Å²) in [7, 11) is 1.60. The largest absolute Gasteiger partial charge is 0.497 e. The van der Waals surface area contributed by atoms with Crippen LogP contribution in [0.2, 0.25) is 0 Å². The number of amides is 2. The smallest absolute Gasteiger partial charge is 0.227 e. The zero-order valence-electron chi connectivity index (χ0n) is 14.3. The molecule has 1 aliphatic rings. The summed E-state index contributed by atoms with van der Waals surface area (Å²) in [6, 6.07) is 7.29. The van der Waals surface area contributed by atoms with Crippen molar-refractivity contribution in [3.8, 4) is 5.75 Å². The molecular weight excluding hydrogens is 338 g/mol. The van der Waals surface area contributed by atoms with E-state index in [0.717, 1.165) is 22.1 Å². The van der Waals surface area contributed by atoms with Crippen LogP contribution in [0.4, 0.5) is 5.69 Å². The number of nitrogens with zero attached hydrogens (tertiary/aromatic N) is 2. The van der Waals surface area contributed by atoms with Crippen molar-refractivity contribution in [1.29, 1.82) is 0 Å². The summed E-state index contributed by atoms with van der Waals surface area (Å²) < 4.78 is 5.13. The van der Waals surface area contributed by atoms with Gasteiger partial charge in [-0.1, -0.05) is 0 Å². The fourth-order valence-corrected chi connectivity index (χ4v) is 3.52. The number of thiazole rings is 1. The van der Waals surface area contributed by atoms with E-state index >= 15 is 0 Å². The van der Waals surface area contributed by atoms with Crippen LogP contribution in [0, 0.1) is 12.8 Å². The number of aromatic nitrogens is 1. The van der Waals surface area contributed by atoms with E-state index < -0.39 is 0 Å². The maximum Gasteiger partial charge on any atom is 0.227 e. The lowest BCUT2D eigenvalue weighted by atomic mass is 10.1. The Morgan fingerprint density at radius 2 is 2.16 bits per heavy atom. The number of ether oxygens (including phenoxy) is 1. The standard InChI is InChI=1S/C18H21N3O3S/c1-12-20-14(11-25-12)7-8-19-18(23)13-9-17(22)21(10-13)15-3-5-16(24-2)6-4-15/h3-6,11,13H,7-10H2,1-2H3,(H,19,23)/t13-/m1/s1. The first-order valence-electron chi connectivity index (χ1n) is 8.20. The van der Waals surface area contributed by atoms with Crippen LogP contribution in [0.25, 0.3) is 0 Å². The highest BCUT2D eigenvalue weighted by Crippen LogP contribution is 2.26. The molecule has 1 N–H and O–H groups in total. The Morgan fingerprint density at radius 3 is 2.80 bits per heavy atom. The van der Waals surface area contributed by atoms with E-state index in [-0.39, 0.29) is 24.2 Å². The van der Waals surface area contributed by atoms with Gasteiger partial charge in [-0.3, -0.25) is 9.59 Å². The van der Waals surface area contributed by atoms with Crippen LogP contribution in [0.5, 0.6) is 5.75 Å². The SMILES string of the molecule is COc1ccc(N2C[C@H](C(=O)NCCc3csc(C)n3)CC2=O)cc1. The molecule has 0 aliphatic carbocycles. The first-order valence-corrected chi connectivity index (χ1v) is 9.08. The molecular formula is C18H21N3O3S. The van der Waals surface area contributed by atoms with Gasteiger partial charge < -0.3 is 15.0 Å². The van der Waals surface area contributed by atoms with Gasteiger partial charge in [0.25, 0.3) is 0 Å². The van der Waals surface area contributed by atoms with E-state index in [0.29, 0.717) is 19.5 Å². The molecule has 2 amide bonds. The van der Waals surface area contributed by atoms with Crippen molar-refractivity contribution < 1.29 is 14.3 Å². The Bertz CT molecular complexity index is 757. The summed E-state index contributed by atoms with van der Waals surface area (Å²) >= 11 is 1.61. The molecule has 1 aliphatic heterocycles. The normalized spacial score (nSPS) is 17.0. The quantitative estimate of drug-likeness (QED) is 0.858. The number of hydrogen-bond acceptors (Lipinski definition) is 5. The molecule has 132 valence electrons. The third-order valence-electron chi connectivity index (χ3n) is 4.23. The minimum Gasteiger partial charge on any atom is -0.497 e. The molecule has 0 saturated carbocycles. The van der Waals surface area contributed by atoms with Crippen molar-refractivity contribution in [2.45, 2.75) is 19.8 Å². The number of methoxy groups -OCH3 is 1. The Labute approximate surface area is 150 Å². The summed E-state index contributed by atoms with van der Waals surface area (Å²) in [6.07, 6.45) is 0.951. The molecule has 2 heterocycles. The Kier molecular flexibility index (Phi) is 5.33. The van der Waals surface area contributed by atoms with Crippen LogP contribution in [-0.4, -0.2) is 37.0 Å². The molecule has 0 unspecified atom stereocenters. The predicted molar refractivity (Wildman–Crippen MR) is 97.0 cm³/mol. The van der Waals surface area contributed by atoms with Gasteiger partial charge in [-0.25, -0.2) is 4.98 Å². The van der Waals surface area contributed by atoms with Crippen molar-refractivity contribution in [3.63, 3.8) is 0 Å². The number of rotatable bonds is 6. The topological polar surface area (TPSA) is 71.5 Å². The first-order chi connectivity index (χ1) is 12.1. The highest BCUT2D eigenvalue weighted by atomic mass is 32.1. The lowest BCUT2D eigenvalue weighted by Crippen LogP contribution is -2.34. The number of hydrogen-bond donors (Lipinski definition) is 1. The summed E-state index contributed by atoms with van der Waals surface area (Å²) in [5.74, 6) is 0.325. The number of nitrogens with one attached hydrogen (secondary N) is 1. The number of carbonyl (C=O) groups excluding carboxylic acids is 2. The van der Waals surface area contributed by atoms with Crippen molar-refractivity contribution >= 4 is 28.8 Å². The van der Waals surface area contributed by atoms with E-state index in [1.165, 1.54) is 0 Å². The van der Waals surface area contributed by atoms with E-state index in [2.05, 4.69) is 10.3 Å². The average molecular weight is 359 g/mol. The van der Waals surface area contributed by atoms with Gasteiger partial charge in [0.1, 0.15) is 5.75 Å². The molecule has 6 nitrogen and oxygen atoms in total. The fourth-order valence-electron chi connectivity index (χ4n) is 2.88. The Hall–Kier alpha value is -2.41. The number of anilines is 1. The molecule has 0 bridgehead atoms. The zero-order valence-corrected chi connectivity index (χ0v) is 15.1. The second kappa shape index (κ2) is 7.65. The molecule has 3 rings (SSSR count). The van der Waals surface area contributed by atoms with Crippen LogP contribution < -0.4 is 15.0 Å². The average Bonchev–Trinajstić information content (AvgIpc) is 3.20. The van der Waals surface area contributed by atoms with Crippen LogP contribution in [0.1, 0.15) is 17.1 Å². The van der Waals surface area contributed by atoms with Crippen molar-refractivity contribution in [1.82, 2.24) is 10.3 Å². The van der Waals surface area contributed by atoms with Crippen LogP contribution in [-0.2, 0) is 16.0 Å². The Morgan fingerprint density at radius 1 is 1.40 bits per heavy atom. The van der Waals surface area contributed by atoms with Crippen LogP contribution in [0.15, 0.2) is 29.6 Å². The van der Waals surface area contributed by atoms with E-state index in [4.69, 9.17) is 4.74 Å². The molecule has 1 atom stereocenters. The first kappa shape index (κ1) is 17.4. The van der Waals surface area contributed by atoms with Crippen molar-refractivity contribution in [3.05, 3.63) is 40.3 Å². The van der Waals surface area contributed by atoms with E-state index in [9.17, 15) is 9.59 Å². The summed E-state index contributed by atoms with van der Waals surface area (Å²) in [6.45, 7) is 2.91. The predicted octanol–water partition coefficient (Wildman–Crippen LogP) is 2.17. The van der Waals surface area contributed by atoms with Gasteiger partial charge in [-0.05, 0) is 31.2 Å². The second-order valence-electron chi connectivity index (χ2n) is 6.00. The molecule has 1 aromatic heterocycles. The van der Waals surface area contributed by atoms with Gasteiger partial charge in [0.2, 0.25) is 11.8 Å². The number of aryl methyl sites for hydroxylation is 1. The molecule has 1 aromatic carbocycles. The van der Waals surface area contributed by atoms with Crippen molar-refractivity contribution in [2.24, 2.45) is 5.92 Å². The maximum atomic E-state index is 12.3. The molecule has 7 heteroatoms. The molecule has 25 heavy (non-hydrogen) atoms. The highest BCUT2D eigenvalue weighted by molar-refractivity contribution is 7.09. The zero-order chi connectivity index (χ0) is 17.8. The minimum absolute atomic E-state index is 0.0274. The molecule has 2 aromatic rings. The fraction of sp³-hybridized carbons (Fsp3) is 0.389. The van der Waals surface area contributed by atoms with Gasteiger partial charge in [0.15, 0.2) is 0 Å². The Balaban J connectivity index is 1.53.